The summed E-state index contributed by atoms with van der Waals surface area (Å²) < 4.78 is 5.39. The average molecular weight is 250 g/mol. The van der Waals surface area contributed by atoms with Crippen LogP contribution in [0, 0.1) is 6.92 Å². The van der Waals surface area contributed by atoms with Crippen molar-refractivity contribution in [3.05, 3.63) is 35.4 Å². The number of ether oxygens (including phenoxy) is 1. The SMILES string of the molecule is CCOCCN(C)CC(NC)c1ccccc1C. The molecule has 1 atom stereocenters. The standard InChI is InChI=1S/C15H26N2O/c1-5-18-11-10-17(4)12-15(16-3)14-9-7-6-8-13(14)2/h6-9,15-16H,5,10-12H2,1-4H3. The zero-order valence-corrected chi connectivity index (χ0v) is 12.1. The fourth-order valence-corrected chi connectivity index (χ4v) is 2.09. The van der Waals surface area contributed by atoms with Gasteiger partial charge in [-0.2, -0.15) is 0 Å². The van der Waals surface area contributed by atoms with Gasteiger partial charge in [0.15, 0.2) is 0 Å². The lowest BCUT2D eigenvalue weighted by Gasteiger charge is -2.25. The van der Waals surface area contributed by atoms with Crippen LogP contribution in [0.4, 0.5) is 0 Å². The third kappa shape index (κ3) is 4.77. The Balaban J connectivity index is 2.54. The molecule has 0 aliphatic carbocycles. The van der Waals surface area contributed by atoms with Gasteiger partial charge in [-0.05, 0) is 39.1 Å². The molecule has 18 heavy (non-hydrogen) atoms. The molecule has 102 valence electrons. The summed E-state index contributed by atoms with van der Waals surface area (Å²) in [6, 6.07) is 8.93. The van der Waals surface area contributed by atoms with Gasteiger partial charge in [0.1, 0.15) is 0 Å². The van der Waals surface area contributed by atoms with Crippen LogP contribution in [-0.4, -0.2) is 45.3 Å². The number of rotatable bonds is 8. The van der Waals surface area contributed by atoms with Crippen molar-refractivity contribution in [1.82, 2.24) is 10.2 Å². The molecule has 0 saturated heterocycles. The first-order chi connectivity index (χ1) is 8.69. The van der Waals surface area contributed by atoms with Crippen molar-refractivity contribution in [1.29, 1.82) is 0 Å². The van der Waals surface area contributed by atoms with Gasteiger partial charge in [-0.15, -0.1) is 0 Å². The molecule has 0 amide bonds. The Kier molecular flexibility index (Phi) is 6.94. The molecule has 0 radical (unpaired) electrons. The second-order valence-electron chi connectivity index (χ2n) is 4.66. The molecule has 1 aromatic carbocycles. The van der Waals surface area contributed by atoms with Crippen LogP contribution in [0.2, 0.25) is 0 Å². The first-order valence-electron chi connectivity index (χ1n) is 6.68. The molecule has 0 aliphatic heterocycles. The minimum Gasteiger partial charge on any atom is -0.380 e. The molecule has 0 spiro atoms. The smallest absolute Gasteiger partial charge is 0.0593 e. The summed E-state index contributed by atoms with van der Waals surface area (Å²) in [5.41, 5.74) is 2.72. The molecule has 1 unspecified atom stereocenters. The summed E-state index contributed by atoms with van der Waals surface area (Å²) in [7, 11) is 4.16. The third-order valence-electron chi connectivity index (χ3n) is 3.23. The van der Waals surface area contributed by atoms with Gasteiger partial charge in [0.05, 0.1) is 6.61 Å². The maximum absolute atomic E-state index is 5.39. The molecular formula is C15H26N2O. The molecule has 0 saturated carbocycles. The van der Waals surface area contributed by atoms with Crippen molar-refractivity contribution < 1.29 is 4.74 Å². The number of hydrogen-bond donors (Lipinski definition) is 1. The van der Waals surface area contributed by atoms with Crippen LogP contribution in [-0.2, 0) is 4.74 Å². The zero-order chi connectivity index (χ0) is 13.4. The monoisotopic (exact) mass is 250 g/mol. The fraction of sp³-hybridized carbons (Fsp3) is 0.600. The zero-order valence-electron chi connectivity index (χ0n) is 12.1. The number of aryl methyl sites for hydroxylation is 1. The maximum atomic E-state index is 5.39. The highest BCUT2D eigenvalue weighted by molar-refractivity contribution is 5.28. The minimum absolute atomic E-state index is 0.373. The summed E-state index contributed by atoms with van der Waals surface area (Å²) in [5.74, 6) is 0. The van der Waals surface area contributed by atoms with E-state index in [1.54, 1.807) is 0 Å². The van der Waals surface area contributed by atoms with E-state index in [0.29, 0.717) is 6.04 Å². The molecule has 3 nitrogen and oxygen atoms in total. The summed E-state index contributed by atoms with van der Waals surface area (Å²) in [6.07, 6.45) is 0. The average Bonchev–Trinajstić information content (AvgIpc) is 2.37. The van der Waals surface area contributed by atoms with E-state index in [0.717, 1.165) is 26.3 Å². The van der Waals surface area contributed by atoms with Crippen LogP contribution >= 0.6 is 0 Å². The number of hydrogen-bond acceptors (Lipinski definition) is 3. The van der Waals surface area contributed by atoms with Crippen molar-refractivity contribution in [3.63, 3.8) is 0 Å². The van der Waals surface area contributed by atoms with E-state index in [2.05, 4.69) is 48.5 Å². The maximum Gasteiger partial charge on any atom is 0.0593 e. The second-order valence-corrected chi connectivity index (χ2v) is 4.66. The first kappa shape index (κ1) is 15.2. The van der Waals surface area contributed by atoms with E-state index in [1.165, 1.54) is 11.1 Å². The van der Waals surface area contributed by atoms with Gasteiger partial charge in [-0.25, -0.2) is 0 Å². The number of likely N-dealkylation sites (N-methyl/N-ethyl adjacent to an activating group) is 2. The predicted octanol–water partition coefficient (Wildman–Crippen LogP) is 2.22. The van der Waals surface area contributed by atoms with Crippen molar-refractivity contribution in [2.45, 2.75) is 19.9 Å². The van der Waals surface area contributed by atoms with Crippen LogP contribution in [0.1, 0.15) is 24.1 Å². The number of nitrogens with one attached hydrogen (secondary N) is 1. The van der Waals surface area contributed by atoms with E-state index in [4.69, 9.17) is 4.74 Å². The Bertz CT molecular complexity index is 341. The quantitative estimate of drug-likeness (QED) is 0.716. The Hall–Kier alpha value is -0.900. The Morgan fingerprint density at radius 1 is 1.33 bits per heavy atom. The van der Waals surface area contributed by atoms with E-state index in [1.807, 2.05) is 14.0 Å². The molecule has 0 fully saturated rings. The second kappa shape index (κ2) is 8.25. The van der Waals surface area contributed by atoms with E-state index >= 15 is 0 Å². The van der Waals surface area contributed by atoms with Crippen LogP contribution in [0.5, 0.6) is 0 Å². The van der Waals surface area contributed by atoms with Crippen molar-refractivity contribution in [2.24, 2.45) is 0 Å². The van der Waals surface area contributed by atoms with Crippen LogP contribution in [0.25, 0.3) is 0 Å². The first-order valence-corrected chi connectivity index (χ1v) is 6.68. The molecule has 0 bridgehead atoms. The highest BCUT2D eigenvalue weighted by atomic mass is 16.5. The molecular weight excluding hydrogens is 224 g/mol. The largest absolute Gasteiger partial charge is 0.380 e. The molecule has 1 aromatic rings. The van der Waals surface area contributed by atoms with Crippen molar-refractivity contribution >= 4 is 0 Å². The summed E-state index contributed by atoms with van der Waals surface area (Å²) in [4.78, 5) is 2.31. The lowest BCUT2D eigenvalue weighted by Crippen LogP contribution is -2.33. The lowest BCUT2D eigenvalue weighted by atomic mass is 10.0. The Morgan fingerprint density at radius 3 is 2.67 bits per heavy atom. The Labute approximate surface area is 111 Å². The molecule has 1 N–H and O–H groups in total. The van der Waals surface area contributed by atoms with Crippen molar-refractivity contribution in [2.75, 3.05) is 40.4 Å². The molecule has 3 heteroatoms. The Morgan fingerprint density at radius 2 is 2.06 bits per heavy atom. The summed E-state index contributed by atoms with van der Waals surface area (Å²) in [5, 5.41) is 3.40. The fourth-order valence-electron chi connectivity index (χ4n) is 2.09. The van der Waals surface area contributed by atoms with Crippen LogP contribution in [0.15, 0.2) is 24.3 Å². The third-order valence-corrected chi connectivity index (χ3v) is 3.23. The van der Waals surface area contributed by atoms with E-state index in [-0.39, 0.29) is 0 Å². The summed E-state index contributed by atoms with van der Waals surface area (Å²) in [6.45, 7) is 7.76. The topological polar surface area (TPSA) is 24.5 Å². The molecule has 0 heterocycles. The predicted molar refractivity (Wildman–Crippen MR) is 77.0 cm³/mol. The molecule has 0 aliphatic rings. The lowest BCUT2D eigenvalue weighted by molar-refractivity contribution is 0.119. The minimum atomic E-state index is 0.373. The van der Waals surface area contributed by atoms with Crippen LogP contribution in [0.3, 0.4) is 0 Å². The number of nitrogens with zero attached hydrogens (tertiary/aromatic N) is 1. The van der Waals surface area contributed by atoms with Gasteiger partial charge >= 0.3 is 0 Å². The van der Waals surface area contributed by atoms with E-state index in [9.17, 15) is 0 Å². The van der Waals surface area contributed by atoms with Gasteiger partial charge in [-0.1, -0.05) is 24.3 Å². The van der Waals surface area contributed by atoms with Crippen LogP contribution < -0.4 is 5.32 Å². The number of benzene rings is 1. The van der Waals surface area contributed by atoms with Crippen molar-refractivity contribution in [3.8, 4) is 0 Å². The van der Waals surface area contributed by atoms with Gasteiger partial charge < -0.3 is 15.0 Å². The molecule has 0 aromatic heterocycles. The van der Waals surface area contributed by atoms with Gasteiger partial charge in [0, 0.05) is 25.7 Å². The van der Waals surface area contributed by atoms with Gasteiger partial charge in [0.2, 0.25) is 0 Å². The summed E-state index contributed by atoms with van der Waals surface area (Å²) >= 11 is 0. The van der Waals surface area contributed by atoms with Gasteiger partial charge in [-0.3, -0.25) is 0 Å². The van der Waals surface area contributed by atoms with Gasteiger partial charge in [0.25, 0.3) is 0 Å². The normalized spacial score (nSPS) is 12.9. The highest BCUT2D eigenvalue weighted by Crippen LogP contribution is 2.17. The molecule has 1 rings (SSSR count). The highest BCUT2D eigenvalue weighted by Gasteiger charge is 2.13. The van der Waals surface area contributed by atoms with E-state index < -0.39 is 0 Å².